The maximum atomic E-state index is 14.4. The summed E-state index contributed by atoms with van der Waals surface area (Å²) in [5.74, 6) is -1.29. The fourth-order valence-electron chi connectivity index (χ4n) is 3.32. The Kier molecular flexibility index (Phi) is 9.85. The quantitative estimate of drug-likeness (QED) is 0.491. The number of para-hydroxylation sites is 2. The largest absolute Gasteiger partial charge is 0.492 e. The number of anilines is 1. The van der Waals surface area contributed by atoms with Crippen molar-refractivity contribution in [3.05, 3.63) is 59.9 Å². The van der Waals surface area contributed by atoms with Crippen molar-refractivity contribution >= 4 is 27.5 Å². The molecule has 0 fully saturated rings. The molecule has 2 rings (SSSR count). The zero-order valence-electron chi connectivity index (χ0n) is 20.0. The summed E-state index contributed by atoms with van der Waals surface area (Å²) < 4.78 is 46.2. The molecule has 0 bridgehead atoms. The molecular weight excluding hydrogens is 461 g/mol. The molecule has 186 valence electrons. The number of hydrogen-bond acceptors (Lipinski definition) is 5. The van der Waals surface area contributed by atoms with Crippen LogP contribution >= 0.6 is 0 Å². The van der Waals surface area contributed by atoms with Crippen molar-refractivity contribution in [3.63, 3.8) is 0 Å². The van der Waals surface area contributed by atoms with E-state index < -0.39 is 40.2 Å². The van der Waals surface area contributed by atoms with E-state index in [4.69, 9.17) is 4.74 Å². The predicted octanol–water partition coefficient (Wildman–Crippen LogP) is 2.93. The van der Waals surface area contributed by atoms with Crippen molar-refractivity contribution in [2.24, 2.45) is 0 Å². The Bertz CT molecular complexity index is 1090. The minimum absolute atomic E-state index is 0.197. The molecule has 10 heteroatoms. The van der Waals surface area contributed by atoms with Crippen molar-refractivity contribution in [2.75, 3.05) is 30.3 Å². The van der Waals surface area contributed by atoms with E-state index in [2.05, 4.69) is 5.32 Å². The number of nitrogens with zero attached hydrogens (tertiary/aromatic N) is 2. The summed E-state index contributed by atoms with van der Waals surface area (Å²) in [4.78, 5) is 27.3. The summed E-state index contributed by atoms with van der Waals surface area (Å²) in [6.07, 6.45) is 1.69. The fraction of sp³-hybridized carbons (Fsp3) is 0.417. The molecule has 0 heterocycles. The zero-order chi connectivity index (χ0) is 25.3. The Morgan fingerprint density at radius 3 is 2.35 bits per heavy atom. The number of sulfonamides is 1. The van der Waals surface area contributed by atoms with Gasteiger partial charge in [-0.2, -0.15) is 0 Å². The standard InChI is InChI=1S/C24H32FN3O5S/c1-5-15-26-24(30)18(3)27(16-19-11-7-8-12-20(19)25)23(29)17-28(34(4,31)32)21-13-9-10-14-22(21)33-6-2/h7-14,18H,5-6,15-17H2,1-4H3,(H,26,30)/t18-/m1/s1. The third-order valence-electron chi connectivity index (χ3n) is 5.13. The maximum Gasteiger partial charge on any atom is 0.244 e. The molecular formula is C24H32FN3O5S. The molecule has 1 N–H and O–H groups in total. The Morgan fingerprint density at radius 1 is 1.09 bits per heavy atom. The first-order valence-electron chi connectivity index (χ1n) is 11.1. The zero-order valence-corrected chi connectivity index (χ0v) is 20.8. The summed E-state index contributed by atoms with van der Waals surface area (Å²) in [5.41, 5.74) is 0.417. The first-order chi connectivity index (χ1) is 16.1. The van der Waals surface area contributed by atoms with E-state index >= 15 is 0 Å². The van der Waals surface area contributed by atoms with E-state index in [-0.39, 0.29) is 17.8 Å². The molecule has 0 aliphatic heterocycles. The van der Waals surface area contributed by atoms with E-state index in [1.165, 1.54) is 36.1 Å². The van der Waals surface area contributed by atoms with Crippen LogP contribution in [-0.4, -0.2) is 57.1 Å². The molecule has 1 atom stereocenters. The fourth-order valence-corrected chi connectivity index (χ4v) is 4.18. The minimum atomic E-state index is -3.90. The summed E-state index contributed by atoms with van der Waals surface area (Å²) in [6, 6.07) is 11.5. The van der Waals surface area contributed by atoms with Crippen LogP contribution in [0.2, 0.25) is 0 Å². The number of halogens is 1. The number of carbonyl (C=O) groups is 2. The van der Waals surface area contributed by atoms with Crippen molar-refractivity contribution < 1.29 is 27.1 Å². The van der Waals surface area contributed by atoms with Crippen molar-refractivity contribution in [3.8, 4) is 5.75 Å². The monoisotopic (exact) mass is 493 g/mol. The molecule has 0 unspecified atom stereocenters. The van der Waals surface area contributed by atoms with Crippen molar-refractivity contribution in [1.82, 2.24) is 10.2 Å². The highest BCUT2D eigenvalue weighted by molar-refractivity contribution is 7.92. The molecule has 0 aliphatic carbocycles. The lowest BCUT2D eigenvalue weighted by molar-refractivity contribution is -0.139. The molecule has 0 saturated heterocycles. The van der Waals surface area contributed by atoms with Gasteiger partial charge >= 0.3 is 0 Å². The number of amides is 2. The van der Waals surface area contributed by atoms with Crippen LogP contribution in [0.1, 0.15) is 32.8 Å². The second-order valence-electron chi connectivity index (χ2n) is 7.75. The van der Waals surface area contributed by atoms with Crippen molar-refractivity contribution in [2.45, 2.75) is 39.8 Å². The highest BCUT2D eigenvalue weighted by atomic mass is 32.2. The lowest BCUT2D eigenvalue weighted by Crippen LogP contribution is -2.51. The Morgan fingerprint density at radius 2 is 1.74 bits per heavy atom. The summed E-state index contributed by atoms with van der Waals surface area (Å²) in [6.45, 7) is 5.13. The third kappa shape index (κ3) is 7.18. The van der Waals surface area contributed by atoms with Crippen LogP contribution in [0.4, 0.5) is 10.1 Å². The van der Waals surface area contributed by atoms with Gasteiger partial charge in [0.05, 0.1) is 18.6 Å². The number of nitrogens with one attached hydrogen (secondary N) is 1. The molecule has 34 heavy (non-hydrogen) atoms. The van der Waals surface area contributed by atoms with Gasteiger partial charge in [-0.25, -0.2) is 12.8 Å². The molecule has 2 amide bonds. The molecule has 2 aromatic carbocycles. The first kappa shape index (κ1) is 27.1. The SMILES string of the molecule is CCCNC(=O)[C@@H](C)N(Cc1ccccc1F)C(=O)CN(c1ccccc1OCC)S(C)(=O)=O. The number of carbonyl (C=O) groups excluding carboxylic acids is 2. The Hall–Kier alpha value is -3.14. The van der Waals surface area contributed by atoms with Gasteiger partial charge in [0.15, 0.2) is 0 Å². The first-order valence-corrected chi connectivity index (χ1v) is 12.9. The molecule has 0 saturated carbocycles. The van der Waals surface area contributed by atoms with Gasteiger partial charge in [-0.05, 0) is 38.5 Å². The molecule has 0 aromatic heterocycles. The van der Waals surface area contributed by atoms with Crippen LogP contribution in [0, 0.1) is 5.82 Å². The predicted molar refractivity (Wildman–Crippen MR) is 130 cm³/mol. The van der Waals surface area contributed by atoms with E-state index in [0.717, 1.165) is 10.6 Å². The van der Waals surface area contributed by atoms with Crippen LogP contribution in [0.5, 0.6) is 5.75 Å². The summed E-state index contributed by atoms with van der Waals surface area (Å²) in [7, 11) is -3.90. The van der Waals surface area contributed by atoms with Gasteiger partial charge in [0.1, 0.15) is 24.2 Å². The molecule has 0 aliphatic rings. The average molecular weight is 494 g/mol. The lowest BCUT2D eigenvalue weighted by Gasteiger charge is -2.32. The Balaban J connectivity index is 2.43. The number of benzene rings is 2. The van der Waals surface area contributed by atoms with Crippen LogP contribution in [-0.2, 0) is 26.2 Å². The van der Waals surface area contributed by atoms with Crippen LogP contribution < -0.4 is 14.4 Å². The van der Waals surface area contributed by atoms with Crippen LogP contribution in [0.3, 0.4) is 0 Å². The van der Waals surface area contributed by atoms with Crippen molar-refractivity contribution in [1.29, 1.82) is 0 Å². The van der Waals surface area contributed by atoms with E-state index in [9.17, 15) is 22.4 Å². The smallest absolute Gasteiger partial charge is 0.244 e. The highest BCUT2D eigenvalue weighted by Crippen LogP contribution is 2.30. The Labute approximate surface area is 200 Å². The lowest BCUT2D eigenvalue weighted by atomic mass is 10.1. The van der Waals surface area contributed by atoms with Gasteiger partial charge < -0.3 is 15.0 Å². The van der Waals surface area contributed by atoms with Gasteiger partial charge in [0.25, 0.3) is 0 Å². The second kappa shape index (κ2) is 12.4. The average Bonchev–Trinajstić information content (AvgIpc) is 2.80. The number of rotatable bonds is 12. The van der Waals surface area contributed by atoms with E-state index in [1.54, 1.807) is 31.2 Å². The van der Waals surface area contributed by atoms with Gasteiger partial charge in [-0.1, -0.05) is 37.3 Å². The van der Waals surface area contributed by atoms with Gasteiger partial charge in [-0.15, -0.1) is 0 Å². The van der Waals surface area contributed by atoms with Gasteiger partial charge in [-0.3, -0.25) is 13.9 Å². The second-order valence-corrected chi connectivity index (χ2v) is 9.66. The van der Waals surface area contributed by atoms with Crippen LogP contribution in [0.15, 0.2) is 48.5 Å². The summed E-state index contributed by atoms with van der Waals surface area (Å²) in [5, 5.41) is 2.73. The molecule has 8 nitrogen and oxygen atoms in total. The van der Waals surface area contributed by atoms with E-state index in [1.807, 2.05) is 6.92 Å². The van der Waals surface area contributed by atoms with Gasteiger partial charge in [0.2, 0.25) is 21.8 Å². The molecule has 0 spiro atoms. The molecule has 2 aromatic rings. The topological polar surface area (TPSA) is 96.0 Å². The minimum Gasteiger partial charge on any atom is -0.492 e. The number of ether oxygens (including phenoxy) is 1. The van der Waals surface area contributed by atoms with Gasteiger partial charge in [0, 0.05) is 18.7 Å². The molecule has 0 radical (unpaired) electrons. The van der Waals surface area contributed by atoms with Crippen LogP contribution in [0.25, 0.3) is 0 Å². The third-order valence-corrected chi connectivity index (χ3v) is 6.25. The normalized spacial score (nSPS) is 12.0. The van der Waals surface area contributed by atoms with E-state index in [0.29, 0.717) is 25.3 Å². The number of hydrogen-bond donors (Lipinski definition) is 1. The highest BCUT2D eigenvalue weighted by Gasteiger charge is 2.31. The summed E-state index contributed by atoms with van der Waals surface area (Å²) >= 11 is 0. The maximum absolute atomic E-state index is 14.4.